The van der Waals surface area contributed by atoms with Gasteiger partial charge in [0.25, 0.3) is 0 Å². The smallest absolute Gasteiger partial charge is 0.158 e. The first-order valence-corrected chi connectivity index (χ1v) is 13.0. The molecule has 1 fully saturated rings. The van der Waals surface area contributed by atoms with Crippen molar-refractivity contribution in [1.82, 2.24) is 10.3 Å². The van der Waals surface area contributed by atoms with Gasteiger partial charge in [0.1, 0.15) is 11.4 Å². The number of hydrogen-bond donors (Lipinski definition) is 1. The van der Waals surface area contributed by atoms with Crippen molar-refractivity contribution in [3.63, 3.8) is 0 Å². The van der Waals surface area contributed by atoms with Crippen LogP contribution in [0.3, 0.4) is 0 Å². The summed E-state index contributed by atoms with van der Waals surface area (Å²) in [5.74, 6) is 1.09. The fraction of sp³-hybridized carbons (Fsp3) is 0.346. The van der Waals surface area contributed by atoms with Crippen molar-refractivity contribution in [3.8, 4) is 5.75 Å². The largest absolute Gasteiger partial charge is 0.487 e. The summed E-state index contributed by atoms with van der Waals surface area (Å²) < 4.78 is 32.8. The van der Waals surface area contributed by atoms with E-state index in [1.165, 1.54) is 0 Å². The third kappa shape index (κ3) is 4.43. The number of benzene rings is 2. The minimum Gasteiger partial charge on any atom is -0.487 e. The molecule has 1 atom stereocenters. The van der Waals surface area contributed by atoms with Gasteiger partial charge in [0, 0.05) is 23.9 Å². The van der Waals surface area contributed by atoms with Crippen LogP contribution in [0.25, 0.3) is 0 Å². The molecule has 1 N–H and O–H groups in total. The number of hydrogen-bond acceptors (Lipinski definition) is 5. The molecule has 3 heterocycles. The summed E-state index contributed by atoms with van der Waals surface area (Å²) in [5.41, 5.74) is 3.69. The molecule has 0 aliphatic carbocycles. The maximum Gasteiger partial charge on any atom is 0.158 e. The van der Waals surface area contributed by atoms with E-state index in [1.807, 2.05) is 36.4 Å². The van der Waals surface area contributed by atoms with E-state index in [0.717, 1.165) is 60.4 Å². The fourth-order valence-electron chi connectivity index (χ4n) is 5.11. The van der Waals surface area contributed by atoms with Crippen molar-refractivity contribution in [2.45, 2.75) is 42.3 Å². The minimum atomic E-state index is -3.33. The Hall–Kier alpha value is -2.70. The average Bonchev–Trinajstić information content (AvgIpc) is 2.79. The number of fused-ring (bicyclic) bond motifs is 1. The van der Waals surface area contributed by atoms with Crippen molar-refractivity contribution in [2.24, 2.45) is 0 Å². The van der Waals surface area contributed by atoms with E-state index in [9.17, 15) is 8.42 Å². The lowest BCUT2D eigenvalue weighted by molar-refractivity contribution is 0.0113. The number of ether oxygens (including phenoxy) is 1. The van der Waals surface area contributed by atoms with Crippen molar-refractivity contribution in [3.05, 3.63) is 95.3 Å². The minimum absolute atomic E-state index is 0.0177. The number of pyridine rings is 1. The Bertz CT molecular complexity index is 1190. The number of para-hydroxylation sites is 1. The third-order valence-corrected chi connectivity index (χ3v) is 8.18. The highest BCUT2D eigenvalue weighted by Gasteiger charge is 2.42. The molecular formula is C26H28N2O3S. The van der Waals surface area contributed by atoms with Crippen LogP contribution in [-0.4, -0.2) is 32.1 Å². The molecule has 0 saturated carbocycles. The van der Waals surface area contributed by atoms with Crippen LogP contribution < -0.4 is 10.1 Å². The van der Waals surface area contributed by atoms with E-state index in [0.29, 0.717) is 0 Å². The monoisotopic (exact) mass is 448 g/mol. The molecule has 166 valence electrons. The highest BCUT2D eigenvalue weighted by atomic mass is 32.2. The summed E-state index contributed by atoms with van der Waals surface area (Å²) in [4.78, 5) is 3.99. The van der Waals surface area contributed by atoms with Crippen molar-refractivity contribution in [1.29, 1.82) is 0 Å². The number of piperidine rings is 1. The van der Waals surface area contributed by atoms with Crippen LogP contribution in [-0.2, 0) is 21.3 Å². The standard InChI is InChI=1S/C26H28N2O3S/c29-32(30,18-20-9-13-27-14-10-20)19-21-5-1-2-6-22(21)24-17-26(11-15-28-16-12-26)31-25-8-4-3-7-23(24)25/h1-10,13-14,24,28H,11-12,15-19H2. The van der Waals surface area contributed by atoms with Gasteiger partial charge in [-0.2, -0.15) is 0 Å². The SMILES string of the molecule is O=S(=O)(Cc1ccncc1)Cc1ccccc1C1CC2(CCNCC2)Oc2ccccc21. The van der Waals surface area contributed by atoms with E-state index in [2.05, 4.69) is 22.4 Å². The molecule has 5 nitrogen and oxygen atoms in total. The molecule has 2 aromatic carbocycles. The Kier molecular flexibility index (Phi) is 5.74. The highest BCUT2D eigenvalue weighted by molar-refractivity contribution is 7.89. The number of nitrogens with one attached hydrogen (secondary N) is 1. The second-order valence-corrected chi connectivity index (χ2v) is 11.0. The third-order valence-electron chi connectivity index (χ3n) is 6.65. The second-order valence-electron chi connectivity index (χ2n) is 8.92. The zero-order valence-corrected chi connectivity index (χ0v) is 18.9. The highest BCUT2D eigenvalue weighted by Crippen LogP contribution is 2.48. The number of nitrogens with zero attached hydrogens (tertiary/aromatic N) is 1. The predicted octanol–water partition coefficient (Wildman–Crippen LogP) is 4.23. The van der Waals surface area contributed by atoms with Crippen LogP contribution in [0.2, 0.25) is 0 Å². The van der Waals surface area contributed by atoms with Gasteiger partial charge in [-0.15, -0.1) is 0 Å². The maximum absolute atomic E-state index is 13.1. The lowest BCUT2D eigenvalue weighted by Gasteiger charge is -2.45. The molecule has 0 amide bonds. The first kappa shape index (κ1) is 21.2. The van der Waals surface area contributed by atoms with E-state index in [4.69, 9.17) is 4.74 Å². The molecule has 2 aliphatic rings. The topological polar surface area (TPSA) is 68.3 Å². The van der Waals surface area contributed by atoms with Gasteiger partial charge in [0.15, 0.2) is 9.84 Å². The Morgan fingerprint density at radius 1 is 0.906 bits per heavy atom. The van der Waals surface area contributed by atoms with Crippen molar-refractivity contribution < 1.29 is 13.2 Å². The van der Waals surface area contributed by atoms with Gasteiger partial charge in [-0.3, -0.25) is 4.98 Å². The van der Waals surface area contributed by atoms with Gasteiger partial charge in [0.2, 0.25) is 0 Å². The average molecular weight is 449 g/mol. The van der Waals surface area contributed by atoms with E-state index >= 15 is 0 Å². The Balaban J connectivity index is 1.50. The summed E-state index contributed by atoms with van der Waals surface area (Å²) in [6.07, 6.45) is 6.06. The van der Waals surface area contributed by atoms with Crippen molar-refractivity contribution in [2.75, 3.05) is 13.1 Å². The van der Waals surface area contributed by atoms with Crippen LogP contribution in [0.4, 0.5) is 0 Å². The van der Waals surface area contributed by atoms with Crippen molar-refractivity contribution >= 4 is 9.84 Å². The molecule has 6 heteroatoms. The molecule has 1 aromatic heterocycles. The van der Waals surface area contributed by atoms with Crippen LogP contribution in [0, 0.1) is 0 Å². The molecule has 1 saturated heterocycles. The summed E-state index contributed by atoms with van der Waals surface area (Å²) in [6, 6.07) is 19.8. The first-order chi connectivity index (χ1) is 15.5. The quantitative estimate of drug-likeness (QED) is 0.633. The van der Waals surface area contributed by atoms with E-state index < -0.39 is 9.84 Å². The molecule has 3 aromatic rings. The molecule has 0 radical (unpaired) electrons. The summed E-state index contributed by atoms with van der Waals surface area (Å²) in [6.45, 7) is 1.88. The lowest BCUT2D eigenvalue weighted by atomic mass is 9.74. The Morgan fingerprint density at radius 3 is 2.38 bits per heavy atom. The van der Waals surface area contributed by atoms with Crippen LogP contribution in [0.1, 0.15) is 47.4 Å². The second kappa shape index (κ2) is 8.68. The first-order valence-electron chi connectivity index (χ1n) is 11.2. The molecule has 0 bridgehead atoms. The Morgan fingerprint density at radius 2 is 1.59 bits per heavy atom. The maximum atomic E-state index is 13.1. The number of rotatable bonds is 5. The molecule has 5 rings (SSSR count). The van der Waals surface area contributed by atoms with Gasteiger partial charge in [-0.05, 0) is 67.2 Å². The lowest BCUT2D eigenvalue weighted by Crippen LogP contribution is -2.49. The fourth-order valence-corrected chi connectivity index (χ4v) is 6.65. The van der Waals surface area contributed by atoms with Gasteiger partial charge in [0.05, 0.1) is 11.5 Å². The molecule has 32 heavy (non-hydrogen) atoms. The zero-order chi connectivity index (χ0) is 22.0. The van der Waals surface area contributed by atoms with Gasteiger partial charge in [-0.1, -0.05) is 42.5 Å². The van der Waals surface area contributed by atoms with E-state index in [1.54, 1.807) is 24.5 Å². The van der Waals surface area contributed by atoms with Crippen LogP contribution in [0.15, 0.2) is 73.1 Å². The molecule has 1 spiro atoms. The van der Waals surface area contributed by atoms with Crippen LogP contribution in [0.5, 0.6) is 5.75 Å². The van der Waals surface area contributed by atoms with Gasteiger partial charge in [-0.25, -0.2) is 8.42 Å². The number of aromatic nitrogens is 1. The molecule has 1 unspecified atom stereocenters. The van der Waals surface area contributed by atoms with E-state index in [-0.39, 0.29) is 23.0 Å². The number of sulfone groups is 1. The summed E-state index contributed by atoms with van der Waals surface area (Å²) in [5, 5.41) is 3.44. The normalized spacial score (nSPS) is 19.8. The Labute approximate surface area is 189 Å². The molecule has 2 aliphatic heterocycles. The molecular weight excluding hydrogens is 420 g/mol. The predicted molar refractivity (Wildman–Crippen MR) is 125 cm³/mol. The van der Waals surface area contributed by atoms with Gasteiger partial charge >= 0.3 is 0 Å². The summed E-state index contributed by atoms with van der Waals surface area (Å²) in [7, 11) is -3.33. The van der Waals surface area contributed by atoms with Gasteiger partial charge < -0.3 is 10.1 Å². The summed E-state index contributed by atoms with van der Waals surface area (Å²) >= 11 is 0. The van der Waals surface area contributed by atoms with Crippen LogP contribution >= 0.6 is 0 Å². The zero-order valence-electron chi connectivity index (χ0n) is 18.0.